The number of hydrogen-bond acceptors (Lipinski definition) is 4. The van der Waals surface area contributed by atoms with Gasteiger partial charge in [0.2, 0.25) is 0 Å². The van der Waals surface area contributed by atoms with Crippen LogP contribution < -0.4 is 4.90 Å². The number of carboxylic acids is 2. The standard InChI is InChI=1S/C14H16N2O4/c1-10(14(19)20)9-16(7-6-13(17)18)12-5-3-2-4-11(12)8-15/h2-5,10H,6-7,9H2,1H3,(H,17,18)(H,19,20). The van der Waals surface area contributed by atoms with Crippen LogP contribution in [0, 0.1) is 17.2 Å². The highest BCUT2D eigenvalue weighted by Crippen LogP contribution is 2.21. The zero-order valence-electron chi connectivity index (χ0n) is 11.1. The van der Waals surface area contributed by atoms with Gasteiger partial charge in [0.1, 0.15) is 6.07 Å². The van der Waals surface area contributed by atoms with Crippen molar-refractivity contribution in [3.63, 3.8) is 0 Å². The molecule has 0 aromatic heterocycles. The van der Waals surface area contributed by atoms with Gasteiger partial charge < -0.3 is 15.1 Å². The van der Waals surface area contributed by atoms with E-state index in [2.05, 4.69) is 0 Å². The van der Waals surface area contributed by atoms with Gasteiger partial charge in [-0.2, -0.15) is 5.26 Å². The minimum absolute atomic E-state index is 0.119. The minimum Gasteiger partial charge on any atom is -0.481 e. The van der Waals surface area contributed by atoms with Crippen LogP contribution in [0.3, 0.4) is 0 Å². The summed E-state index contributed by atoms with van der Waals surface area (Å²) >= 11 is 0. The number of carboxylic acid groups (broad SMARTS) is 2. The van der Waals surface area contributed by atoms with E-state index in [-0.39, 0.29) is 19.5 Å². The van der Waals surface area contributed by atoms with E-state index in [1.807, 2.05) is 6.07 Å². The fourth-order valence-electron chi connectivity index (χ4n) is 1.79. The zero-order chi connectivity index (χ0) is 15.1. The van der Waals surface area contributed by atoms with Crippen LogP contribution in [0.25, 0.3) is 0 Å². The number of nitrogens with zero attached hydrogens (tertiary/aromatic N) is 2. The first-order chi connectivity index (χ1) is 9.45. The molecule has 2 N–H and O–H groups in total. The monoisotopic (exact) mass is 276 g/mol. The number of benzene rings is 1. The van der Waals surface area contributed by atoms with E-state index in [0.717, 1.165) is 0 Å². The largest absolute Gasteiger partial charge is 0.481 e. The Balaban J connectivity index is 3.00. The van der Waals surface area contributed by atoms with Gasteiger partial charge in [-0.05, 0) is 12.1 Å². The Labute approximate surface area is 116 Å². The average molecular weight is 276 g/mol. The lowest BCUT2D eigenvalue weighted by atomic mass is 10.1. The molecule has 0 aliphatic carbocycles. The summed E-state index contributed by atoms with van der Waals surface area (Å²) in [4.78, 5) is 23.3. The maximum atomic E-state index is 11.0. The maximum absolute atomic E-state index is 11.0. The fourth-order valence-corrected chi connectivity index (χ4v) is 1.79. The van der Waals surface area contributed by atoms with E-state index in [0.29, 0.717) is 11.3 Å². The molecule has 0 radical (unpaired) electrons. The van der Waals surface area contributed by atoms with Gasteiger partial charge in [-0.15, -0.1) is 0 Å². The molecule has 106 valence electrons. The van der Waals surface area contributed by atoms with E-state index in [1.54, 1.807) is 36.1 Å². The summed E-state index contributed by atoms with van der Waals surface area (Å²) < 4.78 is 0. The first kappa shape index (κ1) is 15.5. The highest BCUT2D eigenvalue weighted by molar-refractivity contribution is 5.72. The first-order valence-corrected chi connectivity index (χ1v) is 6.14. The molecule has 0 heterocycles. The number of rotatable bonds is 7. The molecule has 6 nitrogen and oxygen atoms in total. The van der Waals surface area contributed by atoms with Gasteiger partial charge in [0.05, 0.1) is 23.6 Å². The molecule has 0 fully saturated rings. The van der Waals surface area contributed by atoms with Gasteiger partial charge in [0.25, 0.3) is 0 Å². The molecule has 0 aliphatic rings. The molecule has 0 aliphatic heterocycles. The molecular formula is C14H16N2O4. The van der Waals surface area contributed by atoms with Crippen LogP contribution in [0.2, 0.25) is 0 Å². The lowest BCUT2D eigenvalue weighted by Gasteiger charge is -2.26. The molecule has 0 saturated carbocycles. The Hall–Kier alpha value is -2.55. The van der Waals surface area contributed by atoms with Gasteiger partial charge in [-0.1, -0.05) is 19.1 Å². The molecule has 1 aromatic rings. The number of aliphatic carboxylic acids is 2. The van der Waals surface area contributed by atoms with Crippen molar-refractivity contribution < 1.29 is 19.8 Å². The van der Waals surface area contributed by atoms with Crippen molar-refractivity contribution in [3.05, 3.63) is 29.8 Å². The summed E-state index contributed by atoms with van der Waals surface area (Å²) in [7, 11) is 0. The van der Waals surface area contributed by atoms with Crippen molar-refractivity contribution in [2.24, 2.45) is 5.92 Å². The van der Waals surface area contributed by atoms with Crippen LogP contribution in [-0.4, -0.2) is 35.2 Å². The maximum Gasteiger partial charge on any atom is 0.308 e. The van der Waals surface area contributed by atoms with E-state index in [1.165, 1.54) is 0 Å². The van der Waals surface area contributed by atoms with Crippen LogP contribution >= 0.6 is 0 Å². The van der Waals surface area contributed by atoms with E-state index in [4.69, 9.17) is 15.5 Å². The van der Waals surface area contributed by atoms with E-state index < -0.39 is 17.9 Å². The van der Waals surface area contributed by atoms with Crippen LogP contribution in [-0.2, 0) is 9.59 Å². The van der Waals surface area contributed by atoms with Crippen LogP contribution in [0.5, 0.6) is 0 Å². The highest BCUT2D eigenvalue weighted by Gasteiger charge is 2.19. The zero-order valence-corrected chi connectivity index (χ0v) is 11.1. The third kappa shape index (κ3) is 4.28. The SMILES string of the molecule is CC(CN(CCC(=O)O)c1ccccc1C#N)C(=O)O. The molecule has 0 amide bonds. The van der Waals surface area contributed by atoms with E-state index >= 15 is 0 Å². The molecular weight excluding hydrogens is 260 g/mol. The van der Waals surface area contributed by atoms with Gasteiger partial charge >= 0.3 is 11.9 Å². The second kappa shape index (κ2) is 7.14. The first-order valence-electron chi connectivity index (χ1n) is 6.14. The fraction of sp³-hybridized carbons (Fsp3) is 0.357. The lowest BCUT2D eigenvalue weighted by molar-refractivity contribution is -0.140. The number of carbonyl (C=O) groups is 2. The molecule has 0 spiro atoms. The van der Waals surface area contributed by atoms with Crippen molar-refractivity contribution in [2.45, 2.75) is 13.3 Å². The van der Waals surface area contributed by atoms with Gasteiger partial charge in [0.15, 0.2) is 0 Å². The molecule has 1 aromatic carbocycles. The molecule has 0 saturated heterocycles. The predicted octanol–water partition coefficient (Wildman–Crippen LogP) is 1.56. The third-order valence-corrected chi connectivity index (χ3v) is 2.88. The molecule has 1 unspecified atom stereocenters. The van der Waals surface area contributed by atoms with Crippen LogP contribution in [0.1, 0.15) is 18.9 Å². The Kier molecular flexibility index (Phi) is 5.54. The summed E-state index contributed by atoms with van der Waals surface area (Å²) in [5, 5.41) is 26.8. The minimum atomic E-state index is -0.965. The van der Waals surface area contributed by atoms with Crippen molar-refractivity contribution in [1.82, 2.24) is 0 Å². The molecule has 0 bridgehead atoms. The Morgan fingerprint density at radius 2 is 2.00 bits per heavy atom. The number of nitriles is 1. The summed E-state index contributed by atoms with van der Waals surface area (Å²) in [6.07, 6.45) is -0.119. The summed E-state index contributed by atoms with van der Waals surface area (Å²) in [6, 6.07) is 8.78. The lowest BCUT2D eigenvalue weighted by Crippen LogP contribution is -2.34. The Morgan fingerprint density at radius 3 is 2.55 bits per heavy atom. The second-order valence-electron chi connectivity index (χ2n) is 4.46. The Bertz CT molecular complexity index is 536. The number of hydrogen-bond donors (Lipinski definition) is 2. The van der Waals surface area contributed by atoms with Crippen molar-refractivity contribution in [3.8, 4) is 6.07 Å². The van der Waals surface area contributed by atoms with Crippen LogP contribution in [0.4, 0.5) is 5.69 Å². The second-order valence-corrected chi connectivity index (χ2v) is 4.46. The molecule has 1 rings (SSSR count). The van der Waals surface area contributed by atoms with Crippen molar-refractivity contribution in [1.29, 1.82) is 5.26 Å². The topological polar surface area (TPSA) is 102 Å². The molecule has 20 heavy (non-hydrogen) atoms. The number of anilines is 1. The summed E-state index contributed by atoms with van der Waals surface area (Å²) in [6.45, 7) is 1.86. The summed E-state index contributed by atoms with van der Waals surface area (Å²) in [5.74, 6) is -2.58. The average Bonchev–Trinajstić information content (AvgIpc) is 2.42. The molecule has 1 atom stereocenters. The highest BCUT2D eigenvalue weighted by atomic mass is 16.4. The van der Waals surface area contributed by atoms with Crippen LogP contribution in [0.15, 0.2) is 24.3 Å². The van der Waals surface area contributed by atoms with E-state index in [9.17, 15) is 9.59 Å². The smallest absolute Gasteiger partial charge is 0.308 e. The normalized spacial score (nSPS) is 11.4. The Morgan fingerprint density at radius 1 is 1.35 bits per heavy atom. The number of para-hydroxylation sites is 1. The predicted molar refractivity (Wildman–Crippen MR) is 72.4 cm³/mol. The third-order valence-electron chi connectivity index (χ3n) is 2.88. The van der Waals surface area contributed by atoms with Crippen molar-refractivity contribution in [2.75, 3.05) is 18.0 Å². The van der Waals surface area contributed by atoms with Gasteiger partial charge in [0, 0.05) is 13.1 Å². The van der Waals surface area contributed by atoms with Gasteiger partial charge in [-0.3, -0.25) is 9.59 Å². The van der Waals surface area contributed by atoms with Gasteiger partial charge in [-0.25, -0.2) is 0 Å². The summed E-state index contributed by atoms with van der Waals surface area (Å²) in [5.41, 5.74) is 0.958. The van der Waals surface area contributed by atoms with Crippen molar-refractivity contribution >= 4 is 17.6 Å². The molecule has 6 heteroatoms. The quantitative estimate of drug-likeness (QED) is 0.783.